The highest BCUT2D eigenvalue weighted by atomic mass is 19.4. The van der Waals surface area contributed by atoms with Crippen molar-refractivity contribution in [2.75, 3.05) is 23.8 Å². The van der Waals surface area contributed by atoms with Crippen LogP contribution in [0.1, 0.15) is 11.3 Å². The number of amides is 2. The van der Waals surface area contributed by atoms with Gasteiger partial charge in [0.1, 0.15) is 5.69 Å². The fourth-order valence-electron chi connectivity index (χ4n) is 2.01. The number of nitrogens with one attached hydrogen (secondary N) is 2. The number of carbonyl (C=O) groups is 1. The van der Waals surface area contributed by atoms with Crippen molar-refractivity contribution in [1.29, 1.82) is 0 Å². The van der Waals surface area contributed by atoms with Gasteiger partial charge in [-0.3, -0.25) is 5.32 Å². The lowest BCUT2D eigenvalue weighted by Gasteiger charge is -2.16. The van der Waals surface area contributed by atoms with Gasteiger partial charge in [0, 0.05) is 0 Å². The van der Waals surface area contributed by atoms with Crippen LogP contribution >= 0.6 is 0 Å². The number of hydrogen-bond donors (Lipinski definition) is 2. The Kier molecular flexibility index (Phi) is 7.43. The summed E-state index contributed by atoms with van der Waals surface area (Å²) in [5, 5.41) is 3.93. The summed E-state index contributed by atoms with van der Waals surface area (Å²) in [6, 6.07) is 0.203. The third kappa shape index (κ3) is 8.49. The van der Waals surface area contributed by atoms with Crippen molar-refractivity contribution >= 4 is 17.7 Å². The lowest BCUT2D eigenvalue weighted by atomic mass is 10.3. The molecule has 2 aromatic rings. The normalized spacial score (nSPS) is 12.3. The Labute approximate surface area is 178 Å². The summed E-state index contributed by atoms with van der Waals surface area (Å²) in [6.45, 7) is -2.69. The first kappa shape index (κ1) is 25.7. The zero-order chi connectivity index (χ0) is 25.0. The number of ether oxygens (including phenoxy) is 2. The van der Waals surface area contributed by atoms with Crippen molar-refractivity contribution in [3.63, 3.8) is 0 Å². The second kappa shape index (κ2) is 9.53. The van der Waals surface area contributed by atoms with E-state index in [2.05, 4.69) is 24.4 Å². The lowest BCUT2D eigenvalue weighted by molar-refractivity contribution is -0.154. The van der Waals surface area contributed by atoms with E-state index in [9.17, 15) is 44.3 Å². The summed E-state index contributed by atoms with van der Waals surface area (Å²) in [5.41, 5.74) is -1.88. The van der Waals surface area contributed by atoms with Gasteiger partial charge in [-0.1, -0.05) is 0 Å². The Morgan fingerprint density at radius 1 is 0.879 bits per heavy atom. The van der Waals surface area contributed by atoms with Crippen LogP contribution in [0.3, 0.4) is 0 Å². The van der Waals surface area contributed by atoms with Crippen molar-refractivity contribution in [3.8, 4) is 11.8 Å². The molecule has 182 valence electrons. The molecule has 0 atom stereocenters. The molecule has 2 aromatic heterocycles. The summed E-state index contributed by atoms with van der Waals surface area (Å²) in [4.78, 5) is 22.1. The maximum atomic E-state index is 12.5. The number of rotatable bonds is 6. The first-order valence-electron chi connectivity index (χ1n) is 8.42. The molecule has 0 saturated carbocycles. The molecule has 0 bridgehead atoms. The van der Waals surface area contributed by atoms with E-state index in [1.54, 1.807) is 0 Å². The molecule has 0 fully saturated rings. The number of carbonyl (C=O) groups excluding carboxylic acids is 1. The summed E-state index contributed by atoms with van der Waals surface area (Å²) < 4.78 is 121. The maximum absolute atomic E-state index is 12.5. The Morgan fingerprint density at radius 3 is 1.79 bits per heavy atom. The van der Waals surface area contributed by atoms with E-state index in [4.69, 9.17) is 0 Å². The monoisotopic (exact) mass is 493 g/mol. The highest BCUT2D eigenvalue weighted by molar-refractivity contribution is 5.98. The van der Waals surface area contributed by atoms with Crippen molar-refractivity contribution in [3.05, 3.63) is 29.6 Å². The molecule has 17 heteroatoms. The second-order valence-electron chi connectivity index (χ2n) is 6.10. The minimum absolute atomic E-state index is 0.227. The smallest absolute Gasteiger partial charge is 0.433 e. The Hall–Kier alpha value is -3.53. The highest BCUT2D eigenvalue weighted by Crippen LogP contribution is 2.30. The minimum Gasteiger partial charge on any atom is -0.468 e. The predicted octanol–water partition coefficient (Wildman–Crippen LogP) is 4.73. The van der Waals surface area contributed by atoms with Gasteiger partial charge < -0.3 is 14.8 Å². The van der Waals surface area contributed by atoms with E-state index < -0.39 is 66.7 Å². The molecule has 33 heavy (non-hydrogen) atoms. The predicted molar refractivity (Wildman–Crippen MR) is 91.7 cm³/mol. The number of pyridine rings is 1. The standard InChI is InChI=1S/C16H12F9N5O3/c1-7-10(32-5-14(17,18)19)28-12(29-11(7)33-6-15(20,21)22)30-13(31)27-8-2-3-9(26-4-8)16(23,24)25/h2-4H,5-6H2,1H3,(H2,27,28,29,30,31). The molecule has 2 heterocycles. The molecule has 0 aromatic carbocycles. The summed E-state index contributed by atoms with van der Waals surface area (Å²) in [6.07, 6.45) is -13.7. The molecular formula is C16H12F9N5O3. The van der Waals surface area contributed by atoms with Gasteiger partial charge in [0.25, 0.3) is 0 Å². The fourth-order valence-corrected chi connectivity index (χ4v) is 2.01. The number of urea groups is 1. The van der Waals surface area contributed by atoms with E-state index in [0.29, 0.717) is 12.3 Å². The van der Waals surface area contributed by atoms with Crippen LogP contribution in [0.4, 0.5) is 55.9 Å². The highest BCUT2D eigenvalue weighted by Gasteiger charge is 2.33. The van der Waals surface area contributed by atoms with Crippen LogP contribution in [-0.4, -0.2) is 46.5 Å². The van der Waals surface area contributed by atoms with Crippen LogP contribution in [0.15, 0.2) is 18.3 Å². The van der Waals surface area contributed by atoms with Gasteiger partial charge in [0.05, 0.1) is 17.4 Å². The SMILES string of the molecule is Cc1c(OCC(F)(F)F)nc(NC(=O)Nc2ccc(C(F)(F)F)nc2)nc1OCC(F)(F)F. The maximum Gasteiger partial charge on any atom is 0.433 e. The molecule has 2 rings (SSSR count). The Bertz CT molecular complexity index is 937. The molecule has 2 N–H and O–H groups in total. The molecule has 0 spiro atoms. The van der Waals surface area contributed by atoms with E-state index >= 15 is 0 Å². The van der Waals surface area contributed by atoms with Crippen LogP contribution in [0.25, 0.3) is 0 Å². The first-order valence-corrected chi connectivity index (χ1v) is 8.42. The molecule has 0 aliphatic heterocycles. The van der Waals surface area contributed by atoms with Gasteiger partial charge in [-0.2, -0.15) is 49.5 Å². The largest absolute Gasteiger partial charge is 0.468 e. The van der Waals surface area contributed by atoms with E-state index in [0.717, 1.165) is 13.0 Å². The second-order valence-corrected chi connectivity index (χ2v) is 6.10. The van der Waals surface area contributed by atoms with E-state index in [1.165, 1.54) is 0 Å². The summed E-state index contributed by atoms with van der Waals surface area (Å²) in [7, 11) is 0. The van der Waals surface area contributed by atoms with Crippen LogP contribution in [0.5, 0.6) is 11.8 Å². The van der Waals surface area contributed by atoms with E-state index in [-0.39, 0.29) is 5.69 Å². The molecule has 2 amide bonds. The van der Waals surface area contributed by atoms with Gasteiger partial charge in [-0.25, -0.2) is 9.78 Å². The minimum atomic E-state index is -4.81. The number of nitrogens with zero attached hydrogens (tertiary/aromatic N) is 3. The zero-order valence-electron chi connectivity index (χ0n) is 16.1. The van der Waals surface area contributed by atoms with E-state index in [1.807, 2.05) is 10.6 Å². The van der Waals surface area contributed by atoms with Gasteiger partial charge in [0.15, 0.2) is 13.2 Å². The molecule has 0 unspecified atom stereocenters. The zero-order valence-corrected chi connectivity index (χ0v) is 16.1. The fraction of sp³-hybridized carbons (Fsp3) is 0.375. The molecule has 0 saturated heterocycles. The topological polar surface area (TPSA) is 98.3 Å². The van der Waals surface area contributed by atoms with Crippen LogP contribution < -0.4 is 20.1 Å². The lowest BCUT2D eigenvalue weighted by Crippen LogP contribution is -2.24. The van der Waals surface area contributed by atoms with Crippen molar-refractivity contribution < 1.29 is 53.8 Å². The Balaban J connectivity index is 2.21. The number of aromatic nitrogens is 3. The molecular weight excluding hydrogens is 481 g/mol. The number of hydrogen-bond acceptors (Lipinski definition) is 6. The van der Waals surface area contributed by atoms with Crippen molar-refractivity contribution in [2.24, 2.45) is 0 Å². The molecule has 8 nitrogen and oxygen atoms in total. The molecule has 0 aliphatic carbocycles. The summed E-state index contributed by atoms with van der Waals surface area (Å²) >= 11 is 0. The van der Waals surface area contributed by atoms with Gasteiger partial charge >= 0.3 is 24.6 Å². The van der Waals surface area contributed by atoms with Crippen LogP contribution in [0, 0.1) is 6.92 Å². The summed E-state index contributed by atoms with van der Waals surface area (Å²) in [5.74, 6) is -2.47. The van der Waals surface area contributed by atoms with Crippen molar-refractivity contribution in [1.82, 2.24) is 15.0 Å². The van der Waals surface area contributed by atoms with Crippen LogP contribution in [0.2, 0.25) is 0 Å². The quantitative estimate of drug-likeness (QED) is 0.565. The third-order valence-corrected chi connectivity index (χ3v) is 3.34. The molecule has 0 aliphatic rings. The van der Waals surface area contributed by atoms with Gasteiger partial charge in [-0.15, -0.1) is 0 Å². The van der Waals surface area contributed by atoms with Gasteiger partial charge in [-0.05, 0) is 19.1 Å². The van der Waals surface area contributed by atoms with Gasteiger partial charge in [0.2, 0.25) is 17.7 Å². The number of alkyl halides is 9. The average Bonchev–Trinajstić information content (AvgIpc) is 2.65. The average molecular weight is 493 g/mol. The molecule has 0 radical (unpaired) electrons. The number of anilines is 2. The van der Waals surface area contributed by atoms with Crippen LogP contribution in [-0.2, 0) is 6.18 Å². The Morgan fingerprint density at radius 2 is 1.39 bits per heavy atom. The third-order valence-electron chi connectivity index (χ3n) is 3.34. The van der Waals surface area contributed by atoms with Crippen molar-refractivity contribution in [2.45, 2.75) is 25.5 Å². The first-order chi connectivity index (χ1) is 15.0. The number of halogens is 9.